The molecule has 3 aromatic rings. The molecule has 32 heavy (non-hydrogen) atoms. The van der Waals surface area contributed by atoms with E-state index in [0.717, 1.165) is 46.0 Å². The molecule has 0 saturated carbocycles. The number of aromatic nitrogens is 1. The smallest absolute Gasteiger partial charge is 0.334 e. The number of hydrogen-bond donors (Lipinski definition) is 1. The van der Waals surface area contributed by atoms with Gasteiger partial charge in [0.25, 0.3) is 0 Å². The molecule has 1 aliphatic rings. The van der Waals surface area contributed by atoms with E-state index < -0.39 is 0 Å². The van der Waals surface area contributed by atoms with Crippen molar-refractivity contribution in [1.82, 2.24) is 10.3 Å². The lowest BCUT2D eigenvalue weighted by Crippen LogP contribution is -2.28. The summed E-state index contributed by atoms with van der Waals surface area (Å²) in [5.41, 5.74) is 4.54. The van der Waals surface area contributed by atoms with Crippen molar-refractivity contribution in [2.45, 2.75) is 26.7 Å². The van der Waals surface area contributed by atoms with Gasteiger partial charge in [-0.15, -0.1) is 0 Å². The SMILES string of the molecule is CCOC(=O)C1=C(c2cccc(OCCc3nc(-c4ccccc4)oc3C)c2)CNCC1. The summed E-state index contributed by atoms with van der Waals surface area (Å²) in [7, 11) is 0. The molecule has 0 spiro atoms. The highest BCUT2D eigenvalue weighted by Crippen LogP contribution is 2.27. The number of carbonyl (C=O) groups excluding carboxylic acids is 1. The zero-order valence-electron chi connectivity index (χ0n) is 18.5. The molecule has 2 heterocycles. The van der Waals surface area contributed by atoms with E-state index in [4.69, 9.17) is 13.9 Å². The Hall–Kier alpha value is -3.38. The van der Waals surface area contributed by atoms with Gasteiger partial charge in [0.05, 0.1) is 18.9 Å². The first kappa shape index (κ1) is 21.8. The Kier molecular flexibility index (Phi) is 7.02. The summed E-state index contributed by atoms with van der Waals surface area (Å²) in [4.78, 5) is 17.0. The summed E-state index contributed by atoms with van der Waals surface area (Å²) in [6.45, 7) is 6.02. The summed E-state index contributed by atoms with van der Waals surface area (Å²) in [5, 5.41) is 3.34. The molecular formula is C26H28N2O4. The molecule has 0 bridgehead atoms. The fourth-order valence-electron chi connectivity index (χ4n) is 3.81. The number of aryl methyl sites for hydroxylation is 1. The highest BCUT2D eigenvalue weighted by molar-refractivity contribution is 5.98. The molecule has 166 valence electrons. The Morgan fingerprint density at radius 3 is 2.75 bits per heavy atom. The van der Waals surface area contributed by atoms with E-state index in [1.54, 1.807) is 0 Å². The molecule has 0 unspecified atom stereocenters. The van der Waals surface area contributed by atoms with E-state index >= 15 is 0 Å². The number of carbonyl (C=O) groups is 1. The topological polar surface area (TPSA) is 73.6 Å². The van der Waals surface area contributed by atoms with Crippen molar-refractivity contribution in [3.05, 3.63) is 77.2 Å². The average Bonchev–Trinajstić information content (AvgIpc) is 3.20. The number of benzene rings is 2. The maximum atomic E-state index is 12.4. The van der Waals surface area contributed by atoms with E-state index in [9.17, 15) is 4.79 Å². The van der Waals surface area contributed by atoms with Gasteiger partial charge >= 0.3 is 5.97 Å². The maximum Gasteiger partial charge on any atom is 0.334 e. The fraction of sp³-hybridized carbons (Fsp3) is 0.308. The third-order valence-electron chi connectivity index (χ3n) is 5.44. The van der Waals surface area contributed by atoms with Gasteiger partial charge in [-0.1, -0.05) is 30.3 Å². The lowest BCUT2D eigenvalue weighted by Gasteiger charge is -2.21. The van der Waals surface area contributed by atoms with Crippen molar-refractivity contribution < 1.29 is 18.7 Å². The number of ether oxygens (including phenoxy) is 2. The summed E-state index contributed by atoms with van der Waals surface area (Å²) >= 11 is 0. The second kappa shape index (κ2) is 10.3. The van der Waals surface area contributed by atoms with Crippen LogP contribution in [-0.4, -0.2) is 37.3 Å². The predicted octanol–water partition coefficient (Wildman–Crippen LogP) is 4.58. The minimum atomic E-state index is -0.231. The minimum Gasteiger partial charge on any atom is -0.493 e. The van der Waals surface area contributed by atoms with Gasteiger partial charge in [-0.3, -0.25) is 0 Å². The lowest BCUT2D eigenvalue weighted by molar-refractivity contribution is -0.138. The normalized spacial score (nSPS) is 13.8. The zero-order valence-corrected chi connectivity index (χ0v) is 18.5. The molecule has 0 atom stereocenters. The molecule has 1 aromatic heterocycles. The zero-order chi connectivity index (χ0) is 22.3. The first-order valence-corrected chi connectivity index (χ1v) is 11.0. The number of esters is 1. The van der Waals surface area contributed by atoms with Gasteiger partial charge in [0.15, 0.2) is 0 Å². The van der Waals surface area contributed by atoms with Crippen LogP contribution in [0.15, 0.2) is 64.6 Å². The third-order valence-corrected chi connectivity index (χ3v) is 5.44. The van der Waals surface area contributed by atoms with Crippen molar-refractivity contribution in [2.24, 2.45) is 0 Å². The Balaban J connectivity index is 1.44. The number of rotatable bonds is 8. The molecule has 6 heteroatoms. The summed E-state index contributed by atoms with van der Waals surface area (Å²) in [5.74, 6) is 1.96. The molecule has 0 saturated heterocycles. The summed E-state index contributed by atoms with van der Waals surface area (Å²) in [6.07, 6.45) is 1.30. The van der Waals surface area contributed by atoms with Gasteiger partial charge in [-0.2, -0.15) is 0 Å². The lowest BCUT2D eigenvalue weighted by atomic mass is 9.95. The molecule has 2 aromatic carbocycles. The molecule has 1 N–H and O–H groups in total. The van der Waals surface area contributed by atoms with Crippen LogP contribution >= 0.6 is 0 Å². The third kappa shape index (κ3) is 5.08. The largest absolute Gasteiger partial charge is 0.493 e. The van der Waals surface area contributed by atoms with Crippen LogP contribution in [0.3, 0.4) is 0 Å². The van der Waals surface area contributed by atoms with Gasteiger partial charge in [0.1, 0.15) is 11.5 Å². The standard InChI is InChI=1S/C26H28N2O4/c1-3-30-26(29)22-12-14-27-17-23(22)20-10-7-11-21(16-20)31-15-13-24-18(2)32-25(28-24)19-8-5-4-6-9-19/h4-11,16,27H,3,12-15,17H2,1-2H3. The number of oxazole rings is 1. The van der Waals surface area contributed by atoms with Crippen LogP contribution in [0.4, 0.5) is 0 Å². The molecule has 0 amide bonds. The monoisotopic (exact) mass is 432 g/mol. The van der Waals surface area contributed by atoms with Gasteiger partial charge in [-0.05, 0) is 62.2 Å². The van der Waals surface area contributed by atoms with Crippen molar-refractivity contribution in [2.75, 3.05) is 26.3 Å². The molecule has 0 fully saturated rings. The Bertz CT molecular complexity index is 1100. The maximum absolute atomic E-state index is 12.4. The second-order valence-corrected chi connectivity index (χ2v) is 7.62. The van der Waals surface area contributed by atoms with E-state index in [0.29, 0.717) is 38.5 Å². The van der Waals surface area contributed by atoms with Crippen LogP contribution in [0.1, 0.15) is 30.4 Å². The Morgan fingerprint density at radius 2 is 1.94 bits per heavy atom. The van der Waals surface area contributed by atoms with E-state index in [-0.39, 0.29) is 5.97 Å². The Labute approximate surface area is 188 Å². The van der Waals surface area contributed by atoms with Crippen LogP contribution < -0.4 is 10.1 Å². The Morgan fingerprint density at radius 1 is 1.12 bits per heavy atom. The molecule has 6 nitrogen and oxygen atoms in total. The van der Waals surface area contributed by atoms with Crippen molar-refractivity contribution in [3.63, 3.8) is 0 Å². The average molecular weight is 433 g/mol. The van der Waals surface area contributed by atoms with Crippen molar-refractivity contribution in [3.8, 4) is 17.2 Å². The van der Waals surface area contributed by atoms with Crippen molar-refractivity contribution in [1.29, 1.82) is 0 Å². The number of hydrogen-bond acceptors (Lipinski definition) is 6. The van der Waals surface area contributed by atoms with Crippen LogP contribution in [0.2, 0.25) is 0 Å². The highest BCUT2D eigenvalue weighted by Gasteiger charge is 2.21. The first-order chi connectivity index (χ1) is 15.7. The van der Waals surface area contributed by atoms with Crippen LogP contribution in [0.5, 0.6) is 5.75 Å². The number of nitrogens with zero attached hydrogens (tertiary/aromatic N) is 1. The summed E-state index contributed by atoms with van der Waals surface area (Å²) in [6, 6.07) is 17.7. The van der Waals surface area contributed by atoms with E-state index in [1.807, 2.05) is 68.4 Å². The minimum absolute atomic E-state index is 0.231. The second-order valence-electron chi connectivity index (χ2n) is 7.62. The fourth-order valence-corrected chi connectivity index (χ4v) is 3.81. The molecule has 4 rings (SSSR count). The van der Waals surface area contributed by atoms with Crippen LogP contribution in [0.25, 0.3) is 17.0 Å². The van der Waals surface area contributed by atoms with Crippen LogP contribution in [-0.2, 0) is 16.0 Å². The van der Waals surface area contributed by atoms with Crippen LogP contribution in [0, 0.1) is 6.92 Å². The van der Waals surface area contributed by atoms with E-state index in [1.165, 1.54) is 0 Å². The van der Waals surface area contributed by atoms with Gasteiger partial charge in [-0.25, -0.2) is 9.78 Å². The molecular weight excluding hydrogens is 404 g/mol. The number of nitrogens with one attached hydrogen (secondary N) is 1. The van der Waals surface area contributed by atoms with E-state index in [2.05, 4.69) is 10.3 Å². The van der Waals surface area contributed by atoms with Crippen molar-refractivity contribution >= 4 is 11.5 Å². The molecule has 0 radical (unpaired) electrons. The van der Waals surface area contributed by atoms with Gasteiger partial charge in [0, 0.05) is 24.1 Å². The highest BCUT2D eigenvalue weighted by atomic mass is 16.5. The predicted molar refractivity (Wildman–Crippen MR) is 123 cm³/mol. The summed E-state index contributed by atoms with van der Waals surface area (Å²) < 4.78 is 17.1. The molecule has 1 aliphatic heterocycles. The molecule has 0 aliphatic carbocycles. The van der Waals surface area contributed by atoms with Gasteiger partial charge < -0.3 is 19.2 Å². The van der Waals surface area contributed by atoms with Gasteiger partial charge in [0.2, 0.25) is 5.89 Å². The first-order valence-electron chi connectivity index (χ1n) is 11.0. The quantitative estimate of drug-likeness (QED) is 0.525.